The molecule has 0 aliphatic carbocycles. The number of aromatic amines is 1. The molecule has 0 bridgehead atoms. The normalized spacial score (nSPS) is 10.9. The van der Waals surface area contributed by atoms with Crippen molar-refractivity contribution in [3.8, 4) is 11.4 Å². The van der Waals surface area contributed by atoms with Crippen LogP contribution in [0.4, 0.5) is 11.5 Å². The molecule has 2 N–H and O–H groups in total. The van der Waals surface area contributed by atoms with Gasteiger partial charge in [0, 0.05) is 11.8 Å². The number of hydrogen-bond acceptors (Lipinski definition) is 5. The van der Waals surface area contributed by atoms with Gasteiger partial charge >= 0.3 is 0 Å². The van der Waals surface area contributed by atoms with Crippen molar-refractivity contribution >= 4 is 17.2 Å². The summed E-state index contributed by atoms with van der Waals surface area (Å²) >= 11 is 0. The molecule has 0 fully saturated rings. The van der Waals surface area contributed by atoms with Crippen molar-refractivity contribution in [3.05, 3.63) is 54.9 Å². The molecule has 0 aliphatic rings. The topological polar surface area (TPSA) is 83.8 Å². The molecule has 0 atom stereocenters. The van der Waals surface area contributed by atoms with Crippen molar-refractivity contribution in [2.75, 3.05) is 5.32 Å². The van der Waals surface area contributed by atoms with Crippen molar-refractivity contribution in [2.45, 2.75) is 0 Å². The Balaban J connectivity index is 1.79. The lowest BCUT2D eigenvalue weighted by Crippen LogP contribution is -2.00. The van der Waals surface area contributed by atoms with Gasteiger partial charge in [0.15, 0.2) is 17.3 Å². The Hall–Kier alpha value is -3.22. The summed E-state index contributed by atoms with van der Waals surface area (Å²) in [6.45, 7) is 0. The first kappa shape index (κ1) is 11.6. The van der Waals surface area contributed by atoms with E-state index in [-0.39, 0.29) is 0 Å². The SMILES string of the molecule is c1ccc(-c2nnc3ccc(Nc4cn[nH]c4)nn23)cc1. The highest BCUT2D eigenvalue weighted by Crippen LogP contribution is 2.19. The molecular weight excluding hydrogens is 266 g/mol. The Morgan fingerprint density at radius 1 is 1.00 bits per heavy atom. The van der Waals surface area contributed by atoms with Gasteiger partial charge < -0.3 is 5.32 Å². The van der Waals surface area contributed by atoms with Gasteiger partial charge in [0.2, 0.25) is 0 Å². The Bertz CT molecular complexity index is 865. The number of fused-ring (bicyclic) bond motifs is 1. The Morgan fingerprint density at radius 2 is 1.90 bits per heavy atom. The van der Waals surface area contributed by atoms with E-state index in [2.05, 4.69) is 30.8 Å². The van der Waals surface area contributed by atoms with Crippen LogP contribution in [-0.4, -0.2) is 30.0 Å². The minimum absolute atomic E-state index is 0.695. The van der Waals surface area contributed by atoms with E-state index in [0.717, 1.165) is 11.3 Å². The fourth-order valence-corrected chi connectivity index (χ4v) is 2.09. The number of aromatic nitrogens is 6. The van der Waals surface area contributed by atoms with E-state index in [9.17, 15) is 0 Å². The molecule has 0 unspecified atom stereocenters. The quantitative estimate of drug-likeness (QED) is 0.600. The van der Waals surface area contributed by atoms with Crippen molar-refractivity contribution in [2.24, 2.45) is 0 Å². The first-order valence-electron chi connectivity index (χ1n) is 6.44. The maximum Gasteiger partial charge on any atom is 0.185 e. The number of nitrogens with one attached hydrogen (secondary N) is 2. The van der Waals surface area contributed by atoms with Crippen LogP contribution in [0.2, 0.25) is 0 Å². The predicted molar refractivity (Wildman–Crippen MR) is 78.1 cm³/mol. The van der Waals surface area contributed by atoms with Crippen LogP contribution >= 0.6 is 0 Å². The van der Waals surface area contributed by atoms with Gasteiger partial charge in [-0.1, -0.05) is 30.3 Å². The van der Waals surface area contributed by atoms with Crippen LogP contribution in [0.1, 0.15) is 0 Å². The average Bonchev–Trinajstić information content (AvgIpc) is 3.17. The van der Waals surface area contributed by atoms with E-state index in [0.29, 0.717) is 17.3 Å². The third-order valence-electron chi connectivity index (χ3n) is 3.07. The second-order valence-corrected chi connectivity index (χ2v) is 4.49. The molecule has 0 aliphatic heterocycles. The van der Waals surface area contributed by atoms with Gasteiger partial charge in [0.1, 0.15) is 0 Å². The van der Waals surface area contributed by atoms with Gasteiger partial charge in [-0.25, -0.2) is 0 Å². The average molecular weight is 277 g/mol. The molecular formula is C14H11N7. The van der Waals surface area contributed by atoms with Crippen LogP contribution in [0.3, 0.4) is 0 Å². The fourth-order valence-electron chi connectivity index (χ4n) is 2.09. The molecule has 4 rings (SSSR count). The predicted octanol–water partition coefficient (Wildman–Crippen LogP) is 2.26. The zero-order valence-electron chi connectivity index (χ0n) is 10.9. The zero-order chi connectivity index (χ0) is 14.1. The van der Waals surface area contributed by atoms with Gasteiger partial charge in [-0.05, 0) is 12.1 Å². The summed E-state index contributed by atoms with van der Waals surface area (Å²) < 4.78 is 1.72. The maximum atomic E-state index is 4.53. The molecule has 0 saturated carbocycles. The lowest BCUT2D eigenvalue weighted by Gasteiger charge is -2.04. The second kappa shape index (κ2) is 4.71. The molecule has 7 nitrogen and oxygen atoms in total. The second-order valence-electron chi connectivity index (χ2n) is 4.49. The molecule has 21 heavy (non-hydrogen) atoms. The highest BCUT2D eigenvalue weighted by Gasteiger charge is 2.09. The summed E-state index contributed by atoms with van der Waals surface area (Å²) in [7, 11) is 0. The molecule has 0 radical (unpaired) electrons. The van der Waals surface area contributed by atoms with Crippen LogP contribution in [0.5, 0.6) is 0 Å². The van der Waals surface area contributed by atoms with Crippen molar-refractivity contribution < 1.29 is 0 Å². The molecule has 3 heterocycles. The maximum absolute atomic E-state index is 4.53. The van der Waals surface area contributed by atoms with E-state index in [1.807, 2.05) is 42.5 Å². The molecule has 1 aromatic carbocycles. The molecule has 0 saturated heterocycles. The number of hydrogen-bond donors (Lipinski definition) is 2. The van der Waals surface area contributed by atoms with E-state index in [1.54, 1.807) is 16.9 Å². The van der Waals surface area contributed by atoms with Crippen LogP contribution in [-0.2, 0) is 0 Å². The minimum Gasteiger partial charge on any atom is -0.336 e. The van der Waals surface area contributed by atoms with Gasteiger partial charge in [0.05, 0.1) is 11.9 Å². The van der Waals surface area contributed by atoms with Crippen molar-refractivity contribution in [1.29, 1.82) is 0 Å². The van der Waals surface area contributed by atoms with Gasteiger partial charge in [-0.3, -0.25) is 5.10 Å². The van der Waals surface area contributed by atoms with E-state index < -0.39 is 0 Å². The molecule has 4 aromatic rings. The Labute approximate surface area is 119 Å². The first-order valence-corrected chi connectivity index (χ1v) is 6.44. The molecule has 3 aromatic heterocycles. The van der Waals surface area contributed by atoms with E-state index in [4.69, 9.17) is 0 Å². The van der Waals surface area contributed by atoms with E-state index >= 15 is 0 Å². The monoisotopic (exact) mass is 277 g/mol. The van der Waals surface area contributed by atoms with E-state index in [1.165, 1.54) is 0 Å². The third-order valence-corrected chi connectivity index (χ3v) is 3.07. The van der Waals surface area contributed by atoms with Crippen molar-refractivity contribution in [1.82, 2.24) is 30.0 Å². The highest BCUT2D eigenvalue weighted by molar-refractivity contribution is 5.61. The number of anilines is 2. The third kappa shape index (κ3) is 2.10. The van der Waals surface area contributed by atoms with Crippen LogP contribution in [0.15, 0.2) is 54.9 Å². The Morgan fingerprint density at radius 3 is 2.71 bits per heavy atom. The number of rotatable bonds is 3. The van der Waals surface area contributed by atoms with Gasteiger partial charge in [-0.15, -0.1) is 15.3 Å². The summed E-state index contributed by atoms with van der Waals surface area (Å²) in [6, 6.07) is 13.6. The van der Waals surface area contributed by atoms with Gasteiger partial charge in [-0.2, -0.15) is 9.61 Å². The number of nitrogens with zero attached hydrogens (tertiary/aromatic N) is 5. The zero-order valence-corrected chi connectivity index (χ0v) is 10.9. The molecule has 102 valence electrons. The molecule has 0 spiro atoms. The standard InChI is InChI=1S/C14H11N7/c1-2-4-10(5-3-1)14-19-18-13-7-6-12(20-21(13)14)17-11-8-15-16-9-11/h1-9H,(H,15,16)(H,17,20). The first-order chi connectivity index (χ1) is 10.4. The van der Waals surface area contributed by atoms with Crippen LogP contribution in [0, 0.1) is 0 Å². The Kier molecular flexibility index (Phi) is 2.60. The van der Waals surface area contributed by atoms with Crippen molar-refractivity contribution in [3.63, 3.8) is 0 Å². The summed E-state index contributed by atoms with van der Waals surface area (Å²) in [5.74, 6) is 1.40. The molecule has 0 amide bonds. The van der Waals surface area contributed by atoms with Crippen LogP contribution < -0.4 is 5.32 Å². The highest BCUT2D eigenvalue weighted by atomic mass is 15.4. The fraction of sp³-hybridized carbons (Fsp3) is 0. The molecule has 7 heteroatoms. The van der Waals surface area contributed by atoms with Gasteiger partial charge in [0.25, 0.3) is 0 Å². The largest absolute Gasteiger partial charge is 0.336 e. The summed E-state index contributed by atoms with van der Waals surface area (Å²) in [6.07, 6.45) is 3.45. The lowest BCUT2D eigenvalue weighted by molar-refractivity contribution is 0.941. The number of H-pyrrole nitrogens is 1. The lowest BCUT2D eigenvalue weighted by atomic mass is 10.2. The number of benzene rings is 1. The summed E-state index contributed by atoms with van der Waals surface area (Å²) in [5, 5.41) is 22.7. The van der Waals surface area contributed by atoms with Crippen LogP contribution in [0.25, 0.3) is 17.0 Å². The minimum atomic E-state index is 0.695. The summed E-state index contributed by atoms with van der Waals surface area (Å²) in [4.78, 5) is 0. The smallest absolute Gasteiger partial charge is 0.185 e. The summed E-state index contributed by atoms with van der Waals surface area (Å²) in [5.41, 5.74) is 2.51.